The molecule has 0 atom stereocenters. The molecule has 0 fully saturated rings. The normalized spacial score (nSPS) is 12.7. The molecule has 0 aliphatic heterocycles. The summed E-state index contributed by atoms with van der Waals surface area (Å²) >= 11 is 0. The van der Waals surface area contributed by atoms with Gasteiger partial charge in [-0.25, -0.2) is 0 Å². The third-order valence-corrected chi connectivity index (χ3v) is 7.16. The van der Waals surface area contributed by atoms with Crippen molar-refractivity contribution in [3.05, 3.63) is 84.4 Å². The molecule has 3 aromatic carbocycles. The summed E-state index contributed by atoms with van der Waals surface area (Å²) in [5.41, 5.74) is 5.22. The minimum atomic E-state index is -4.44. The lowest BCUT2D eigenvalue weighted by Crippen LogP contribution is -2.27. The molecular formula is C29H33N3O3S. The van der Waals surface area contributed by atoms with E-state index >= 15 is 0 Å². The predicted molar refractivity (Wildman–Crippen MR) is 145 cm³/mol. The summed E-state index contributed by atoms with van der Waals surface area (Å²) in [6.07, 6.45) is 3.24. The Balaban J connectivity index is 2.08. The fraction of sp³-hybridized carbons (Fsp3) is 0.310. The Kier molecular flexibility index (Phi) is 6.66. The fourth-order valence-electron chi connectivity index (χ4n) is 5.22. The molecule has 0 radical (unpaired) electrons. The number of rotatable bonds is 7. The van der Waals surface area contributed by atoms with Gasteiger partial charge in [0.2, 0.25) is 0 Å². The summed E-state index contributed by atoms with van der Waals surface area (Å²) in [7, 11) is -4.44. The number of hydrogen-bond acceptors (Lipinski definition) is 4. The van der Waals surface area contributed by atoms with E-state index < -0.39 is 10.1 Å². The van der Waals surface area contributed by atoms with Crippen LogP contribution in [0.15, 0.2) is 78.2 Å². The van der Waals surface area contributed by atoms with E-state index in [1.807, 2.05) is 30.3 Å². The van der Waals surface area contributed by atoms with E-state index in [-0.39, 0.29) is 15.7 Å². The van der Waals surface area contributed by atoms with Gasteiger partial charge in [0.15, 0.2) is 0 Å². The number of fused-ring (bicyclic) bond motifs is 1. The Morgan fingerprint density at radius 3 is 2.06 bits per heavy atom. The largest absolute Gasteiger partial charge is 0.295 e. The Labute approximate surface area is 213 Å². The van der Waals surface area contributed by atoms with Crippen LogP contribution < -0.4 is 0 Å². The Bertz CT molecular complexity index is 1510. The van der Waals surface area contributed by atoms with Crippen LogP contribution in [-0.2, 0) is 22.0 Å². The van der Waals surface area contributed by atoms with Gasteiger partial charge in [0.25, 0.3) is 10.1 Å². The van der Waals surface area contributed by atoms with Crippen molar-refractivity contribution in [3.8, 4) is 16.8 Å². The summed E-state index contributed by atoms with van der Waals surface area (Å²) in [6.45, 7) is 15.0. The second kappa shape index (κ2) is 9.30. The lowest BCUT2D eigenvalue weighted by Gasteiger charge is -2.35. The van der Waals surface area contributed by atoms with Gasteiger partial charge in [-0.2, -0.15) is 13.2 Å². The molecule has 1 N–H and O–H groups in total. The van der Waals surface area contributed by atoms with E-state index in [0.29, 0.717) is 17.5 Å². The van der Waals surface area contributed by atoms with Crippen LogP contribution in [0.2, 0.25) is 0 Å². The number of allylic oxidation sites excluding steroid dienone is 1. The van der Waals surface area contributed by atoms with Gasteiger partial charge < -0.3 is 0 Å². The summed E-state index contributed by atoms with van der Waals surface area (Å²) in [4.78, 5) is 1.50. The van der Waals surface area contributed by atoms with Crippen LogP contribution in [0.3, 0.4) is 0 Å². The molecular weight excluding hydrogens is 470 g/mol. The minimum Gasteiger partial charge on any atom is -0.282 e. The number of hydrogen-bond donors (Lipinski definition) is 1. The molecule has 0 bridgehead atoms. The van der Waals surface area contributed by atoms with E-state index in [4.69, 9.17) is 10.2 Å². The Hall–Kier alpha value is -3.29. The topological polar surface area (TPSA) is 85.1 Å². The first-order chi connectivity index (χ1) is 16.8. The number of aromatic nitrogens is 3. The van der Waals surface area contributed by atoms with E-state index in [1.165, 1.54) is 6.07 Å². The van der Waals surface area contributed by atoms with Gasteiger partial charge in [-0.3, -0.25) is 4.55 Å². The molecule has 1 heterocycles. The highest BCUT2D eigenvalue weighted by atomic mass is 32.2. The standard InChI is InChI=1S/C29H33N3O3S/c1-7-12-20-17-23(29(5,6)19-28(2,3)4)26(32-30-24-14-9-10-15-25(24)31-32)18-22(20)21-13-8-11-16-27(21)36(33,34)35/h7-11,13-18H,1,12,19H2,2-6H3,(H,33,34,35). The lowest BCUT2D eigenvalue weighted by molar-refractivity contribution is 0.283. The first-order valence-electron chi connectivity index (χ1n) is 12.0. The molecule has 0 amide bonds. The van der Waals surface area contributed by atoms with Crippen molar-refractivity contribution in [1.82, 2.24) is 15.0 Å². The van der Waals surface area contributed by atoms with Gasteiger partial charge in [-0.15, -0.1) is 16.8 Å². The average Bonchev–Trinajstić information content (AvgIpc) is 3.21. The van der Waals surface area contributed by atoms with Crippen LogP contribution in [0, 0.1) is 5.41 Å². The van der Waals surface area contributed by atoms with Crippen molar-refractivity contribution in [2.75, 3.05) is 0 Å². The second-order valence-electron chi connectivity index (χ2n) is 11.1. The zero-order valence-electron chi connectivity index (χ0n) is 21.5. The highest BCUT2D eigenvalue weighted by Crippen LogP contribution is 2.42. The van der Waals surface area contributed by atoms with Crippen LogP contribution in [0.5, 0.6) is 0 Å². The number of nitrogens with zero attached hydrogens (tertiary/aromatic N) is 3. The van der Waals surface area contributed by atoms with Crippen LogP contribution in [0.25, 0.3) is 27.8 Å². The maximum atomic E-state index is 12.3. The second-order valence-corrected chi connectivity index (χ2v) is 12.5. The van der Waals surface area contributed by atoms with E-state index in [2.05, 4.69) is 47.3 Å². The SMILES string of the molecule is C=CCc1cc(C(C)(C)CC(C)(C)C)c(-n2nc3ccccc3n2)cc1-c1ccccc1S(=O)(=O)O. The van der Waals surface area contributed by atoms with E-state index in [1.54, 1.807) is 29.1 Å². The third-order valence-electron chi connectivity index (χ3n) is 6.24. The molecule has 0 aliphatic rings. The highest BCUT2D eigenvalue weighted by Gasteiger charge is 2.32. The summed E-state index contributed by atoms with van der Waals surface area (Å²) < 4.78 is 34.5. The summed E-state index contributed by atoms with van der Waals surface area (Å²) in [6, 6.07) is 18.2. The molecule has 0 spiro atoms. The van der Waals surface area contributed by atoms with Gasteiger partial charge >= 0.3 is 0 Å². The fourth-order valence-corrected chi connectivity index (χ4v) is 5.92. The maximum Gasteiger partial charge on any atom is 0.295 e. The van der Waals surface area contributed by atoms with Crippen molar-refractivity contribution in [2.45, 2.75) is 57.8 Å². The Morgan fingerprint density at radius 2 is 1.50 bits per heavy atom. The van der Waals surface area contributed by atoms with Crippen molar-refractivity contribution in [2.24, 2.45) is 5.41 Å². The quantitative estimate of drug-likeness (QED) is 0.222. The molecule has 188 valence electrons. The number of benzene rings is 3. The molecule has 6 nitrogen and oxygen atoms in total. The maximum absolute atomic E-state index is 12.3. The first kappa shape index (κ1) is 25.8. The molecule has 0 unspecified atom stereocenters. The highest BCUT2D eigenvalue weighted by molar-refractivity contribution is 7.86. The smallest absolute Gasteiger partial charge is 0.282 e. The third kappa shape index (κ3) is 5.27. The van der Waals surface area contributed by atoms with E-state index in [0.717, 1.165) is 34.3 Å². The van der Waals surface area contributed by atoms with Gasteiger partial charge in [0, 0.05) is 5.56 Å². The molecule has 4 aromatic rings. The monoisotopic (exact) mass is 503 g/mol. The zero-order valence-corrected chi connectivity index (χ0v) is 22.3. The molecule has 7 heteroatoms. The van der Waals surface area contributed by atoms with Crippen molar-refractivity contribution in [1.29, 1.82) is 0 Å². The van der Waals surface area contributed by atoms with E-state index in [9.17, 15) is 13.0 Å². The van der Waals surface area contributed by atoms with Crippen molar-refractivity contribution in [3.63, 3.8) is 0 Å². The molecule has 36 heavy (non-hydrogen) atoms. The molecule has 0 saturated carbocycles. The molecule has 0 saturated heterocycles. The molecule has 0 aliphatic carbocycles. The van der Waals surface area contributed by atoms with Crippen LogP contribution >= 0.6 is 0 Å². The first-order valence-corrected chi connectivity index (χ1v) is 13.4. The van der Waals surface area contributed by atoms with Gasteiger partial charge in [-0.05, 0) is 64.6 Å². The Morgan fingerprint density at radius 1 is 0.917 bits per heavy atom. The van der Waals surface area contributed by atoms with Crippen LogP contribution in [0.1, 0.15) is 52.2 Å². The lowest BCUT2D eigenvalue weighted by atomic mass is 9.71. The van der Waals surface area contributed by atoms with Gasteiger partial charge in [0.1, 0.15) is 15.9 Å². The molecule has 4 rings (SSSR count). The van der Waals surface area contributed by atoms with Crippen LogP contribution in [0.4, 0.5) is 0 Å². The predicted octanol–water partition coefficient (Wildman–Crippen LogP) is 6.78. The summed E-state index contributed by atoms with van der Waals surface area (Å²) in [5.74, 6) is 0. The van der Waals surface area contributed by atoms with Crippen LogP contribution in [-0.4, -0.2) is 28.0 Å². The van der Waals surface area contributed by atoms with Crippen molar-refractivity contribution < 1.29 is 13.0 Å². The zero-order chi connectivity index (χ0) is 26.3. The minimum absolute atomic E-state index is 0.0673. The van der Waals surface area contributed by atoms with Crippen molar-refractivity contribution >= 4 is 21.2 Å². The average molecular weight is 504 g/mol. The van der Waals surface area contributed by atoms with Gasteiger partial charge in [0.05, 0.1) is 5.69 Å². The summed E-state index contributed by atoms with van der Waals surface area (Å²) in [5, 5.41) is 9.51. The van der Waals surface area contributed by atoms with Gasteiger partial charge in [-0.1, -0.05) is 77.1 Å². The molecule has 1 aromatic heterocycles.